The van der Waals surface area contributed by atoms with Gasteiger partial charge in [-0.05, 0) is 48.4 Å². The molecule has 174 valence electrons. The van der Waals surface area contributed by atoms with Gasteiger partial charge in [-0.1, -0.05) is 18.2 Å². The molecule has 0 saturated carbocycles. The van der Waals surface area contributed by atoms with Crippen molar-refractivity contribution in [3.8, 4) is 28.7 Å². The topological polar surface area (TPSA) is 97.7 Å². The summed E-state index contributed by atoms with van der Waals surface area (Å²) < 4.78 is 29.0. The maximum Gasteiger partial charge on any atom is 0.341 e. The summed E-state index contributed by atoms with van der Waals surface area (Å²) in [7, 11) is 2.99. The first-order valence-corrected chi connectivity index (χ1v) is 11.0. The molecule has 0 spiro atoms. The molecule has 0 aliphatic rings. The molecule has 0 bridgehead atoms. The molecule has 1 heterocycles. The molecule has 3 aromatic rings. The quantitative estimate of drug-likeness (QED) is 0.267. The number of methoxy groups -OCH3 is 2. The Morgan fingerprint density at radius 3 is 2.44 bits per heavy atom. The van der Waals surface area contributed by atoms with E-state index in [1.54, 1.807) is 30.5 Å². The van der Waals surface area contributed by atoms with Crippen LogP contribution in [0.4, 0.5) is 9.39 Å². The van der Waals surface area contributed by atoms with Gasteiger partial charge in [-0.15, -0.1) is 11.3 Å². The molecule has 0 unspecified atom stereocenters. The van der Waals surface area contributed by atoms with Crippen molar-refractivity contribution in [1.82, 2.24) is 0 Å². The van der Waals surface area contributed by atoms with Crippen molar-refractivity contribution >= 4 is 34.3 Å². The van der Waals surface area contributed by atoms with Gasteiger partial charge >= 0.3 is 5.97 Å². The van der Waals surface area contributed by atoms with Crippen LogP contribution in [0.3, 0.4) is 0 Å². The van der Waals surface area contributed by atoms with Gasteiger partial charge in [-0.2, -0.15) is 5.26 Å². The molecule has 0 aliphatic carbocycles. The third-order valence-electron chi connectivity index (χ3n) is 4.74. The number of carbonyl (C=O) groups excluding carboxylic acids is 2. The second-order valence-electron chi connectivity index (χ2n) is 6.82. The summed E-state index contributed by atoms with van der Waals surface area (Å²) in [4.78, 5) is 25.6. The molecule has 1 amide bonds. The summed E-state index contributed by atoms with van der Waals surface area (Å²) >= 11 is 1.10. The van der Waals surface area contributed by atoms with Crippen molar-refractivity contribution < 1.29 is 28.2 Å². The number of rotatable bonds is 8. The molecule has 34 heavy (non-hydrogen) atoms. The lowest BCUT2D eigenvalue weighted by molar-refractivity contribution is -0.112. The molecule has 0 radical (unpaired) electrons. The summed E-state index contributed by atoms with van der Waals surface area (Å²) in [6.07, 6.45) is 1.40. The SMILES string of the molecule is CCOC(=O)c1c(-c2ccc(F)cc2)csc1NC(=O)C(C#N)=Cc1ccc(OC)c(OC)c1. The van der Waals surface area contributed by atoms with E-state index in [1.807, 2.05) is 6.07 Å². The molecule has 0 atom stereocenters. The Hall–Kier alpha value is -4.16. The van der Waals surface area contributed by atoms with Crippen molar-refractivity contribution in [2.75, 3.05) is 26.1 Å². The normalized spacial score (nSPS) is 10.9. The maximum absolute atomic E-state index is 13.4. The predicted molar refractivity (Wildman–Crippen MR) is 127 cm³/mol. The number of anilines is 1. The number of nitriles is 1. The molecular weight excluding hydrogens is 459 g/mol. The zero-order chi connectivity index (χ0) is 24.7. The van der Waals surface area contributed by atoms with Crippen LogP contribution in [0.1, 0.15) is 22.8 Å². The Kier molecular flexibility index (Phi) is 8.01. The number of hydrogen-bond acceptors (Lipinski definition) is 7. The van der Waals surface area contributed by atoms with Crippen molar-refractivity contribution in [3.05, 3.63) is 70.4 Å². The Morgan fingerprint density at radius 2 is 1.82 bits per heavy atom. The molecule has 1 aromatic heterocycles. The number of nitrogens with zero attached hydrogens (tertiary/aromatic N) is 1. The molecule has 2 aromatic carbocycles. The van der Waals surface area contributed by atoms with Gasteiger partial charge in [0.05, 0.1) is 20.8 Å². The average Bonchev–Trinajstić information content (AvgIpc) is 3.26. The first-order valence-electron chi connectivity index (χ1n) is 10.1. The molecule has 0 saturated heterocycles. The van der Waals surface area contributed by atoms with Crippen LogP contribution in [0.2, 0.25) is 0 Å². The molecule has 0 fully saturated rings. The number of esters is 1. The van der Waals surface area contributed by atoms with Crippen molar-refractivity contribution in [1.29, 1.82) is 5.26 Å². The summed E-state index contributed by atoms with van der Waals surface area (Å²) in [5, 5.41) is 14.1. The van der Waals surface area contributed by atoms with Crippen molar-refractivity contribution in [2.24, 2.45) is 0 Å². The number of halogens is 1. The Labute approximate surface area is 200 Å². The summed E-state index contributed by atoms with van der Waals surface area (Å²) in [5.74, 6) is -0.797. The highest BCUT2D eigenvalue weighted by Crippen LogP contribution is 2.36. The minimum absolute atomic E-state index is 0.133. The van der Waals surface area contributed by atoms with Crippen molar-refractivity contribution in [2.45, 2.75) is 6.92 Å². The van der Waals surface area contributed by atoms with Crippen LogP contribution in [0.5, 0.6) is 11.5 Å². The zero-order valence-electron chi connectivity index (χ0n) is 18.7. The molecule has 0 aliphatic heterocycles. The van der Waals surface area contributed by atoms with Crippen LogP contribution in [0, 0.1) is 17.1 Å². The Balaban J connectivity index is 1.95. The first kappa shape index (κ1) is 24.5. The van der Waals surface area contributed by atoms with Gasteiger partial charge in [0.25, 0.3) is 5.91 Å². The van der Waals surface area contributed by atoms with Crippen LogP contribution in [-0.4, -0.2) is 32.7 Å². The number of amides is 1. The fourth-order valence-electron chi connectivity index (χ4n) is 3.13. The van der Waals surface area contributed by atoms with Crippen molar-refractivity contribution in [3.63, 3.8) is 0 Å². The van der Waals surface area contributed by atoms with E-state index in [2.05, 4.69) is 5.32 Å². The van der Waals surface area contributed by atoms with E-state index in [9.17, 15) is 19.2 Å². The smallest absolute Gasteiger partial charge is 0.341 e. The minimum Gasteiger partial charge on any atom is -0.493 e. The summed E-state index contributed by atoms with van der Waals surface area (Å²) in [5.41, 5.74) is 1.57. The van der Waals surface area contributed by atoms with Crippen LogP contribution in [0.25, 0.3) is 17.2 Å². The van der Waals surface area contributed by atoms with Crippen LogP contribution < -0.4 is 14.8 Å². The van der Waals surface area contributed by atoms with E-state index in [0.29, 0.717) is 28.2 Å². The van der Waals surface area contributed by atoms with E-state index in [0.717, 1.165) is 11.3 Å². The number of thiophene rings is 1. The second kappa shape index (κ2) is 11.1. The molecule has 7 nitrogen and oxygen atoms in total. The Morgan fingerprint density at radius 1 is 1.12 bits per heavy atom. The second-order valence-corrected chi connectivity index (χ2v) is 7.70. The highest BCUT2D eigenvalue weighted by Gasteiger charge is 2.24. The van der Waals surface area contributed by atoms with E-state index in [-0.39, 0.29) is 22.7 Å². The van der Waals surface area contributed by atoms with Gasteiger partial charge in [0.2, 0.25) is 0 Å². The highest BCUT2D eigenvalue weighted by molar-refractivity contribution is 7.15. The third kappa shape index (κ3) is 5.42. The standard InChI is InChI=1S/C25H21FN2O5S/c1-4-33-25(30)22-19(16-6-8-18(26)9-7-16)14-34-24(22)28-23(29)17(13-27)11-15-5-10-20(31-2)21(12-15)32-3/h5-12,14H,4H2,1-3H3,(H,28,29). The third-order valence-corrected chi connectivity index (χ3v) is 5.63. The summed E-state index contributed by atoms with van der Waals surface area (Å²) in [6, 6.07) is 12.5. The zero-order valence-corrected chi connectivity index (χ0v) is 19.5. The summed E-state index contributed by atoms with van der Waals surface area (Å²) in [6.45, 7) is 1.80. The van der Waals surface area contributed by atoms with Crippen LogP contribution >= 0.6 is 11.3 Å². The lowest BCUT2D eigenvalue weighted by Gasteiger charge is -2.09. The number of hydrogen-bond donors (Lipinski definition) is 1. The van der Waals surface area contributed by atoms with E-state index >= 15 is 0 Å². The first-order chi connectivity index (χ1) is 16.4. The molecular formula is C25H21FN2O5S. The maximum atomic E-state index is 13.4. The fraction of sp³-hybridized carbons (Fsp3) is 0.160. The molecule has 3 rings (SSSR count). The Bertz CT molecular complexity index is 1280. The van der Waals surface area contributed by atoms with E-state index in [1.165, 1.54) is 44.6 Å². The van der Waals surface area contributed by atoms with Gasteiger partial charge in [0.15, 0.2) is 11.5 Å². The fourth-order valence-corrected chi connectivity index (χ4v) is 4.08. The van der Waals surface area contributed by atoms with Gasteiger partial charge in [0, 0.05) is 10.9 Å². The van der Waals surface area contributed by atoms with Gasteiger partial charge in [-0.3, -0.25) is 4.79 Å². The highest BCUT2D eigenvalue weighted by atomic mass is 32.1. The van der Waals surface area contributed by atoms with E-state index in [4.69, 9.17) is 14.2 Å². The largest absolute Gasteiger partial charge is 0.493 e. The van der Waals surface area contributed by atoms with Crippen LogP contribution in [0.15, 0.2) is 53.4 Å². The minimum atomic E-state index is -0.699. The number of benzene rings is 2. The van der Waals surface area contributed by atoms with Gasteiger partial charge in [0.1, 0.15) is 28.0 Å². The monoisotopic (exact) mass is 480 g/mol. The number of nitrogens with one attached hydrogen (secondary N) is 1. The molecule has 1 N–H and O–H groups in total. The van der Waals surface area contributed by atoms with Gasteiger partial charge in [-0.25, -0.2) is 9.18 Å². The average molecular weight is 481 g/mol. The lowest BCUT2D eigenvalue weighted by Crippen LogP contribution is -2.16. The molecule has 9 heteroatoms. The van der Waals surface area contributed by atoms with Crippen LogP contribution in [-0.2, 0) is 9.53 Å². The lowest BCUT2D eigenvalue weighted by atomic mass is 10.0. The van der Waals surface area contributed by atoms with E-state index < -0.39 is 17.7 Å². The number of carbonyl (C=O) groups is 2. The number of ether oxygens (including phenoxy) is 3. The van der Waals surface area contributed by atoms with Gasteiger partial charge < -0.3 is 19.5 Å². The predicted octanol–water partition coefficient (Wildman–Crippen LogP) is 5.29.